The number of nitrogens with zero attached hydrogens (tertiary/aromatic N) is 2. The van der Waals surface area contributed by atoms with E-state index in [4.69, 9.17) is 4.74 Å². The fourth-order valence-corrected chi connectivity index (χ4v) is 3.95. The smallest absolute Gasteiger partial charge is 0.295 e. The number of hydrogen-bond donors (Lipinski definition) is 1. The lowest BCUT2D eigenvalue weighted by atomic mass is 9.95. The third kappa shape index (κ3) is 4.01. The molecule has 0 aliphatic carbocycles. The molecule has 1 unspecified atom stereocenters. The largest absolute Gasteiger partial charge is 0.507 e. The molecule has 1 amide bonds. The molecule has 32 heavy (non-hydrogen) atoms. The molecule has 2 heterocycles. The normalized spacial score (nSPS) is 17.6. The molecular formula is C24H18BrFN2O4. The number of benzene rings is 2. The Morgan fingerprint density at radius 3 is 2.44 bits per heavy atom. The number of hydrogen-bond acceptors (Lipinski definition) is 5. The summed E-state index contributed by atoms with van der Waals surface area (Å²) in [6.45, 7) is 0.140. The fourth-order valence-electron chi connectivity index (χ4n) is 3.69. The summed E-state index contributed by atoms with van der Waals surface area (Å²) >= 11 is 3.38. The Morgan fingerprint density at radius 1 is 1.12 bits per heavy atom. The summed E-state index contributed by atoms with van der Waals surface area (Å²) in [6, 6.07) is 13.6. The van der Waals surface area contributed by atoms with Gasteiger partial charge >= 0.3 is 0 Å². The van der Waals surface area contributed by atoms with E-state index in [1.165, 1.54) is 24.1 Å². The van der Waals surface area contributed by atoms with E-state index < -0.39 is 29.3 Å². The number of methoxy groups -OCH3 is 1. The molecular weight excluding hydrogens is 479 g/mol. The highest BCUT2D eigenvalue weighted by molar-refractivity contribution is 9.10. The van der Waals surface area contributed by atoms with Crippen molar-refractivity contribution in [3.05, 3.63) is 99.5 Å². The van der Waals surface area contributed by atoms with E-state index in [2.05, 4.69) is 20.9 Å². The average molecular weight is 497 g/mol. The van der Waals surface area contributed by atoms with Crippen LogP contribution in [0, 0.1) is 5.82 Å². The first kappa shape index (κ1) is 21.7. The van der Waals surface area contributed by atoms with Crippen molar-refractivity contribution in [1.82, 2.24) is 9.88 Å². The maximum Gasteiger partial charge on any atom is 0.295 e. The Labute approximate surface area is 192 Å². The Kier molecular flexibility index (Phi) is 6.05. The highest BCUT2D eigenvalue weighted by Gasteiger charge is 2.46. The molecule has 1 aliphatic rings. The zero-order valence-electron chi connectivity index (χ0n) is 17.0. The molecule has 0 bridgehead atoms. The number of amides is 1. The molecule has 1 aliphatic heterocycles. The molecule has 4 rings (SSSR count). The van der Waals surface area contributed by atoms with E-state index in [1.54, 1.807) is 48.8 Å². The van der Waals surface area contributed by atoms with Crippen LogP contribution in [0.15, 0.2) is 77.0 Å². The molecule has 162 valence electrons. The predicted octanol–water partition coefficient (Wildman–Crippen LogP) is 4.61. The SMILES string of the molecule is COc1ccc(C(O)=C2C(=O)C(=O)N(Cc3ccncc3)C2c2ccc(Br)cc2)cc1F. The van der Waals surface area contributed by atoms with Crippen LogP contribution in [0.3, 0.4) is 0 Å². The minimum Gasteiger partial charge on any atom is -0.507 e. The van der Waals surface area contributed by atoms with Crippen LogP contribution < -0.4 is 4.74 Å². The molecule has 3 aromatic rings. The summed E-state index contributed by atoms with van der Waals surface area (Å²) in [5.41, 5.74) is 1.39. The Hall–Kier alpha value is -3.52. The summed E-state index contributed by atoms with van der Waals surface area (Å²) in [6.07, 6.45) is 3.20. The highest BCUT2D eigenvalue weighted by Crippen LogP contribution is 2.40. The molecule has 1 fully saturated rings. The molecule has 1 saturated heterocycles. The second-order valence-corrected chi connectivity index (χ2v) is 8.10. The molecule has 0 radical (unpaired) electrons. The van der Waals surface area contributed by atoms with Gasteiger partial charge in [0.05, 0.1) is 18.7 Å². The lowest BCUT2D eigenvalue weighted by Gasteiger charge is -2.25. The number of rotatable bonds is 5. The Balaban J connectivity index is 1.86. The number of Topliss-reactive ketones (excluding diaryl/α,β-unsaturated/α-hetero) is 1. The number of aliphatic hydroxyl groups excluding tert-OH is 1. The molecule has 8 heteroatoms. The van der Waals surface area contributed by atoms with E-state index >= 15 is 0 Å². The van der Waals surface area contributed by atoms with Gasteiger partial charge in [0.25, 0.3) is 11.7 Å². The van der Waals surface area contributed by atoms with Crippen molar-refractivity contribution in [2.45, 2.75) is 12.6 Å². The molecule has 0 spiro atoms. The summed E-state index contributed by atoms with van der Waals surface area (Å²) in [7, 11) is 1.33. The number of likely N-dealkylation sites (tertiary alicyclic amines) is 1. The number of carbonyl (C=O) groups excluding carboxylic acids is 2. The first-order valence-corrected chi connectivity index (χ1v) is 10.5. The van der Waals surface area contributed by atoms with E-state index in [0.717, 1.165) is 16.1 Å². The number of pyridine rings is 1. The number of carbonyl (C=O) groups is 2. The van der Waals surface area contributed by atoms with Crippen molar-refractivity contribution >= 4 is 33.4 Å². The molecule has 2 aromatic carbocycles. The maximum absolute atomic E-state index is 14.3. The van der Waals surface area contributed by atoms with Crippen LogP contribution in [0.25, 0.3) is 5.76 Å². The predicted molar refractivity (Wildman–Crippen MR) is 119 cm³/mol. The molecule has 1 aromatic heterocycles. The zero-order chi connectivity index (χ0) is 22.8. The number of aliphatic hydroxyl groups is 1. The van der Waals surface area contributed by atoms with Crippen LogP contribution in [0.1, 0.15) is 22.7 Å². The third-order valence-corrected chi connectivity index (χ3v) is 5.78. The van der Waals surface area contributed by atoms with Gasteiger partial charge in [0.2, 0.25) is 0 Å². The quantitative estimate of drug-likeness (QED) is 0.317. The molecule has 6 nitrogen and oxygen atoms in total. The van der Waals surface area contributed by atoms with Gasteiger partial charge < -0.3 is 14.7 Å². The number of aromatic nitrogens is 1. The molecule has 1 atom stereocenters. The summed E-state index contributed by atoms with van der Waals surface area (Å²) < 4.78 is 20.0. The topological polar surface area (TPSA) is 79.7 Å². The van der Waals surface area contributed by atoms with Gasteiger partial charge in [-0.05, 0) is 53.6 Å². The third-order valence-electron chi connectivity index (χ3n) is 5.25. The van der Waals surface area contributed by atoms with Gasteiger partial charge in [-0.25, -0.2) is 4.39 Å². The van der Waals surface area contributed by atoms with Crippen molar-refractivity contribution in [3.8, 4) is 5.75 Å². The van der Waals surface area contributed by atoms with Crippen molar-refractivity contribution in [3.63, 3.8) is 0 Å². The van der Waals surface area contributed by atoms with Crippen LogP contribution in [0.5, 0.6) is 5.75 Å². The van der Waals surface area contributed by atoms with Gasteiger partial charge in [-0.1, -0.05) is 28.1 Å². The van der Waals surface area contributed by atoms with E-state index in [1.807, 2.05) is 0 Å². The minimum atomic E-state index is -0.846. The summed E-state index contributed by atoms with van der Waals surface area (Å²) in [5, 5.41) is 11.0. The van der Waals surface area contributed by atoms with Gasteiger partial charge in [-0.2, -0.15) is 0 Å². The van der Waals surface area contributed by atoms with E-state index in [-0.39, 0.29) is 23.4 Å². The summed E-state index contributed by atoms with van der Waals surface area (Å²) in [4.78, 5) is 31.4. The van der Waals surface area contributed by atoms with Gasteiger partial charge in [0, 0.05) is 29.0 Å². The monoisotopic (exact) mass is 496 g/mol. The fraction of sp³-hybridized carbons (Fsp3) is 0.125. The van der Waals surface area contributed by atoms with Crippen LogP contribution in [-0.2, 0) is 16.1 Å². The molecule has 1 N–H and O–H groups in total. The second-order valence-electron chi connectivity index (χ2n) is 7.18. The van der Waals surface area contributed by atoms with Crippen molar-refractivity contribution in [2.75, 3.05) is 7.11 Å². The first-order chi connectivity index (χ1) is 15.4. The van der Waals surface area contributed by atoms with Crippen molar-refractivity contribution < 1.29 is 23.8 Å². The van der Waals surface area contributed by atoms with Crippen molar-refractivity contribution in [2.24, 2.45) is 0 Å². The van der Waals surface area contributed by atoms with Gasteiger partial charge in [0.15, 0.2) is 11.6 Å². The van der Waals surface area contributed by atoms with Gasteiger partial charge in [0.1, 0.15) is 5.76 Å². The van der Waals surface area contributed by atoms with E-state index in [0.29, 0.717) is 5.56 Å². The lowest BCUT2D eigenvalue weighted by Crippen LogP contribution is -2.29. The van der Waals surface area contributed by atoms with Crippen LogP contribution in [-0.4, -0.2) is 33.8 Å². The van der Waals surface area contributed by atoms with Gasteiger partial charge in [-0.15, -0.1) is 0 Å². The van der Waals surface area contributed by atoms with Crippen LogP contribution in [0.4, 0.5) is 4.39 Å². The molecule has 0 saturated carbocycles. The zero-order valence-corrected chi connectivity index (χ0v) is 18.5. The Morgan fingerprint density at radius 2 is 1.81 bits per heavy atom. The summed E-state index contributed by atoms with van der Waals surface area (Å²) in [5.74, 6) is -2.71. The Bertz CT molecular complexity index is 1210. The average Bonchev–Trinajstić information content (AvgIpc) is 3.04. The second kappa shape index (κ2) is 8.92. The first-order valence-electron chi connectivity index (χ1n) is 9.67. The lowest BCUT2D eigenvalue weighted by molar-refractivity contribution is -0.140. The standard InChI is InChI=1S/C24H18BrFN2O4/c1-32-19-7-4-16(12-18(19)26)22(29)20-21(15-2-5-17(25)6-3-15)28(24(31)23(20)30)13-14-8-10-27-11-9-14/h2-12,21,29H,13H2,1H3. The van der Waals surface area contributed by atoms with Crippen molar-refractivity contribution in [1.29, 1.82) is 0 Å². The van der Waals surface area contributed by atoms with Gasteiger partial charge in [-0.3, -0.25) is 14.6 Å². The number of ketones is 1. The van der Waals surface area contributed by atoms with E-state index in [9.17, 15) is 19.1 Å². The number of ether oxygens (including phenoxy) is 1. The number of halogens is 2. The van der Waals surface area contributed by atoms with Crippen LogP contribution in [0.2, 0.25) is 0 Å². The minimum absolute atomic E-state index is 0.00384. The van der Waals surface area contributed by atoms with Crippen LogP contribution >= 0.6 is 15.9 Å². The maximum atomic E-state index is 14.3. The highest BCUT2D eigenvalue weighted by atomic mass is 79.9.